The quantitative estimate of drug-likeness (QED) is 0.804. The first-order valence-corrected chi connectivity index (χ1v) is 7.84. The maximum atomic E-state index is 12.2. The Kier molecular flexibility index (Phi) is 4.66. The first kappa shape index (κ1) is 16.3. The SMILES string of the molecule is C[C@H](OC(=O)c1cncc(Br)c1)C(=O)Nc1ccc2c(c1)OCO2. The summed E-state index contributed by atoms with van der Waals surface area (Å²) < 4.78 is 16.2. The summed E-state index contributed by atoms with van der Waals surface area (Å²) in [6.07, 6.45) is 1.95. The van der Waals surface area contributed by atoms with Gasteiger partial charge in [-0.15, -0.1) is 0 Å². The van der Waals surface area contributed by atoms with Crippen LogP contribution >= 0.6 is 15.9 Å². The van der Waals surface area contributed by atoms with Gasteiger partial charge in [0.2, 0.25) is 6.79 Å². The molecule has 24 heavy (non-hydrogen) atoms. The summed E-state index contributed by atoms with van der Waals surface area (Å²) >= 11 is 3.22. The fraction of sp³-hybridized carbons (Fsp3) is 0.188. The summed E-state index contributed by atoms with van der Waals surface area (Å²) in [4.78, 5) is 28.1. The summed E-state index contributed by atoms with van der Waals surface area (Å²) in [5.41, 5.74) is 0.781. The fourth-order valence-corrected chi connectivity index (χ4v) is 2.39. The normalized spacial score (nSPS) is 13.2. The average molecular weight is 393 g/mol. The Morgan fingerprint density at radius 1 is 1.25 bits per heavy atom. The van der Waals surface area contributed by atoms with Crippen molar-refractivity contribution in [2.24, 2.45) is 0 Å². The number of hydrogen-bond donors (Lipinski definition) is 1. The van der Waals surface area contributed by atoms with E-state index >= 15 is 0 Å². The van der Waals surface area contributed by atoms with Gasteiger partial charge >= 0.3 is 5.97 Å². The number of rotatable bonds is 4. The molecule has 0 unspecified atom stereocenters. The Morgan fingerprint density at radius 3 is 2.83 bits per heavy atom. The second-order valence-corrected chi connectivity index (χ2v) is 5.91. The highest BCUT2D eigenvalue weighted by Crippen LogP contribution is 2.34. The van der Waals surface area contributed by atoms with Crippen molar-refractivity contribution in [3.63, 3.8) is 0 Å². The number of carbonyl (C=O) groups excluding carboxylic acids is 2. The van der Waals surface area contributed by atoms with Crippen LogP contribution in [0.15, 0.2) is 41.1 Å². The number of anilines is 1. The van der Waals surface area contributed by atoms with Crippen molar-refractivity contribution in [1.29, 1.82) is 0 Å². The van der Waals surface area contributed by atoms with E-state index in [1.165, 1.54) is 13.1 Å². The minimum Gasteiger partial charge on any atom is -0.454 e. The van der Waals surface area contributed by atoms with Crippen LogP contribution < -0.4 is 14.8 Å². The predicted octanol–water partition coefficient (Wildman–Crippen LogP) is 2.76. The number of benzene rings is 1. The van der Waals surface area contributed by atoms with E-state index in [-0.39, 0.29) is 12.4 Å². The molecule has 0 fully saturated rings. The van der Waals surface area contributed by atoms with Crippen molar-refractivity contribution in [2.75, 3.05) is 12.1 Å². The molecule has 2 aromatic rings. The molecule has 1 aliphatic rings. The molecule has 0 bridgehead atoms. The van der Waals surface area contributed by atoms with Crippen LogP contribution in [-0.2, 0) is 9.53 Å². The van der Waals surface area contributed by atoms with Crippen LogP contribution in [-0.4, -0.2) is 29.8 Å². The van der Waals surface area contributed by atoms with Crippen LogP contribution in [0.2, 0.25) is 0 Å². The highest BCUT2D eigenvalue weighted by atomic mass is 79.9. The molecule has 1 atom stereocenters. The largest absolute Gasteiger partial charge is 0.454 e. The van der Waals surface area contributed by atoms with Gasteiger partial charge in [0.1, 0.15) is 0 Å². The van der Waals surface area contributed by atoms with E-state index in [1.54, 1.807) is 30.5 Å². The van der Waals surface area contributed by atoms with Gasteiger partial charge in [0.05, 0.1) is 5.56 Å². The molecule has 0 saturated heterocycles. The highest BCUT2D eigenvalue weighted by molar-refractivity contribution is 9.10. The summed E-state index contributed by atoms with van der Waals surface area (Å²) in [5.74, 6) is 0.0922. The molecule has 2 heterocycles. The number of nitrogens with one attached hydrogen (secondary N) is 1. The van der Waals surface area contributed by atoms with E-state index in [0.29, 0.717) is 21.7 Å². The molecule has 0 aliphatic carbocycles. The topological polar surface area (TPSA) is 86.8 Å². The van der Waals surface area contributed by atoms with E-state index < -0.39 is 18.0 Å². The molecule has 3 rings (SSSR count). The first-order valence-electron chi connectivity index (χ1n) is 7.05. The van der Waals surface area contributed by atoms with Gasteiger partial charge < -0.3 is 19.5 Å². The molecule has 1 N–H and O–H groups in total. The average Bonchev–Trinajstić information content (AvgIpc) is 3.02. The lowest BCUT2D eigenvalue weighted by molar-refractivity contribution is -0.123. The number of ether oxygens (including phenoxy) is 3. The van der Waals surface area contributed by atoms with Crippen molar-refractivity contribution < 1.29 is 23.8 Å². The zero-order valence-corrected chi connectivity index (χ0v) is 14.2. The molecule has 8 heteroatoms. The number of amides is 1. The molecule has 124 valence electrons. The van der Waals surface area contributed by atoms with Crippen molar-refractivity contribution in [3.8, 4) is 11.5 Å². The molecule has 0 saturated carbocycles. The van der Waals surface area contributed by atoms with Crippen LogP contribution in [0.25, 0.3) is 0 Å². The van der Waals surface area contributed by atoms with Gasteiger partial charge in [-0.05, 0) is 41.1 Å². The molecule has 1 aromatic carbocycles. The summed E-state index contributed by atoms with van der Waals surface area (Å²) in [5, 5.41) is 2.66. The van der Waals surface area contributed by atoms with Gasteiger partial charge in [0.25, 0.3) is 5.91 Å². The lowest BCUT2D eigenvalue weighted by Crippen LogP contribution is -2.30. The van der Waals surface area contributed by atoms with Crippen LogP contribution in [0.1, 0.15) is 17.3 Å². The van der Waals surface area contributed by atoms with Crippen molar-refractivity contribution in [1.82, 2.24) is 4.98 Å². The number of fused-ring (bicyclic) bond motifs is 1. The third-order valence-electron chi connectivity index (χ3n) is 3.23. The van der Waals surface area contributed by atoms with E-state index in [0.717, 1.165) is 0 Å². The number of halogens is 1. The number of carbonyl (C=O) groups is 2. The monoisotopic (exact) mass is 392 g/mol. The third-order valence-corrected chi connectivity index (χ3v) is 3.67. The van der Waals surface area contributed by atoms with E-state index in [9.17, 15) is 9.59 Å². The summed E-state index contributed by atoms with van der Waals surface area (Å²) in [6.45, 7) is 1.65. The lowest BCUT2D eigenvalue weighted by Gasteiger charge is -2.13. The maximum absolute atomic E-state index is 12.2. The Balaban J connectivity index is 1.61. The first-order chi connectivity index (χ1) is 11.5. The van der Waals surface area contributed by atoms with Gasteiger partial charge in [-0.1, -0.05) is 0 Å². The Labute approximate surface area is 146 Å². The van der Waals surface area contributed by atoms with Crippen LogP contribution in [0, 0.1) is 0 Å². The van der Waals surface area contributed by atoms with Gasteiger partial charge in [-0.2, -0.15) is 0 Å². The van der Waals surface area contributed by atoms with E-state index in [1.807, 2.05) is 0 Å². The summed E-state index contributed by atoms with van der Waals surface area (Å²) in [6, 6.07) is 6.59. The molecular weight excluding hydrogens is 380 g/mol. The second-order valence-electron chi connectivity index (χ2n) is 5.00. The van der Waals surface area contributed by atoms with Crippen LogP contribution in [0.5, 0.6) is 11.5 Å². The standard InChI is InChI=1S/C16H13BrN2O5/c1-9(24-16(21)10-4-11(17)7-18-6-10)15(20)19-12-2-3-13-14(5-12)23-8-22-13/h2-7,9H,8H2,1H3,(H,19,20)/t9-/m0/s1. The zero-order chi connectivity index (χ0) is 17.1. The molecule has 0 spiro atoms. The predicted molar refractivity (Wildman–Crippen MR) is 88.0 cm³/mol. The number of pyridine rings is 1. The number of esters is 1. The van der Waals surface area contributed by atoms with Crippen LogP contribution in [0.3, 0.4) is 0 Å². The van der Waals surface area contributed by atoms with Crippen molar-refractivity contribution in [3.05, 3.63) is 46.7 Å². The second kappa shape index (κ2) is 6.88. The minimum absolute atomic E-state index is 0.154. The third kappa shape index (κ3) is 3.65. The molecule has 7 nitrogen and oxygen atoms in total. The van der Waals surface area contributed by atoms with Crippen molar-refractivity contribution in [2.45, 2.75) is 13.0 Å². The van der Waals surface area contributed by atoms with E-state index in [4.69, 9.17) is 14.2 Å². The lowest BCUT2D eigenvalue weighted by atomic mass is 10.2. The van der Waals surface area contributed by atoms with Gasteiger partial charge in [0.15, 0.2) is 17.6 Å². The maximum Gasteiger partial charge on any atom is 0.340 e. The minimum atomic E-state index is -0.970. The number of nitrogens with zero attached hydrogens (tertiary/aromatic N) is 1. The van der Waals surface area contributed by atoms with Crippen LogP contribution in [0.4, 0.5) is 5.69 Å². The Bertz CT molecular complexity index is 796. The molecule has 0 radical (unpaired) electrons. The molecule has 1 amide bonds. The number of hydrogen-bond acceptors (Lipinski definition) is 6. The molecule has 1 aliphatic heterocycles. The Hall–Kier alpha value is -2.61. The fourth-order valence-electron chi connectivity index (χ4n) is 2.02. The summed E-state index contributed by atoms with van der Waals surface area (Å²) in [7, 11) is 0. The smallest absolute Gasteiger partial charge is 0.340 e. The highest BCUT2D eigenvalue weighted by Gasteiger charge is 2.20. The number of aromatic nitrogens is 1. The molecular formula is C16H13BrN2O5. The van der Waals surface area contributed by atoms with Gasteiger partial charge in [-0.25, -0.2) is 4.79 Å². The van der Waals surface area contributed by atoms with Crippen molar-refractivity contribution >= 4 is 33.5 Å². The van der Waals surface area contributed by atoms with E-state index in [2.05, 4.69) is 26.2 Å². The molecule has 1 aromatic heterocycles. The zero-order valence-electron chi connectivity index (χ0n) is 12.6. The van der Waals surface area contributed by atoms with Gasteiger partial charge in [0, 0.05) is 28.6 Å². The Morgan fingerprint density at radius 2 is 2.04 bits per heavy atom. The van der Waals surface area contributed by atoms with Gasteiger partial charge in [-0.3, -0.25) is 9.78 Å².